The van der Waals surface area contributed by atoms with Gasteiger partial charge in [-0.25, -0.2) is 0 Å². The maximum Gasteiger partial charge on any atom is 0.249 e. The molecule has 1 saturated heterocycles. The van der Waals surface area contributed by atoms with Gasteiger partial charge in [0.05, 0.1) is 10.7 Å². The molecule has 1 aliphatic heterocycles. The molecule has 0 radical (unpaired) electrons. The zero-order chi connectivity index (χ0) is 14.9. The summed E-state index contributed by atoms with van der Waals surface area (Å²) < 4.78 is 0. The van der Waals surface area contributed by atoms with E-state index in [2.05, 4.69) is 0 Å². The van der Waals surface area contributed by atoms with Crippen LogP contribution in [0.2, 0.25) is 5.02 Å². The third kappa shape index (κ3) is 2.76. The molecule has 2 atom stereocenters. The van der Waals surface area contributed by atoms with Crippen LogP contribution in [0.15, 0.2) is 24.3 Å². The Morgan fingerprint density at radius 1 is 1.45 bits per heavy atom. The van der Waals surface area contributed by atoms with Gasteiger partial charge in [0, 0.05) is 13.6 Å². The highest BCUT2D eigenvalue weighted by molar-refractivity contribution is 6.34. The number of amides is 2. The van der Waals surface area contributed by atoms with Crippen molar-refractivity contribution < 1.29 is 9.59 Å². The molecule has 1 aromatic rings. The highest BCUT2D eigenvalue weighted by Crippen LogP contribution is 2.30. The monoisotopic (exact) mass is 314 g/mol. The van der Waals surface area contributed by atoms with Gasteiger partial charge >= 0.3 is 0 Å². The van der Waals surface area contributed by atoms with E-state index >= 15 is 0 Å². The Kier molecular flexibility index (Phi) is 4.55. The molecule has 0 aromatic heterocycles. The van der Waals surface area contributed by atoms with Crippen molar-refractivity contribution in [1.29, 1.82) is 0 Å². The minimum atomic E-state index is -0.637. The molecule has 1 fully saturated rings. The van der Waals surface area contributed by atoms with Crippen LogP contribution >= 0.6 is 23.2 Å². The minimum absolute atomic E-state index is 0.119. The average Bonchev–Trinajstić information content (AvgIpc) is 2.79. The van der Waals surface area contributed by atoms with Gasteiger partial charge in [-0.1, -0.05) is 23.7 Å². The predicted molar refractivity (Wildman–Crippen MR) is 80.3 cm³/mol. The van der Waals surface area contributed by atoms with Crippen LogP contribution in [0, 0.1) is 0 Å². The second kappa shape index (κ2) is 6.02. The molecule has 0 N–H and O–H groups in total. The lowest BCUT2D eigenvalue weighted by Crippen LogP contribution is -2.45. The molecule has 108 valence electrons. The fraction of sp³-hybridized carbons (Fsp3) is 0.429. The highest BCUT2D eigenvalue weighted by atomic mass is 35.5. The third-order valence-electron chi connectivity index (χ3n) is 3.48. The topological polar surface area (TPSA) is 40.6 Å². The Morgan fingerprint density at radius 2 is 2.10 bits per heavy atom. The summed E-state index contributed by atoms with van der Waals surface area (Å²) in [4.78, 5) is 27.4. The van der Waals surface area contributed by atoms with Crippen molar-refractivity contribution in [3.63, 3.8) is 0 Å². The molecule has 6 heteroatoms. The number of alkyl halides is 1. The van der Waals surface area contributed by atoms with Crippen molar-refractivity contribution >= 4 is 40.7 Å². The summed E-state index contributed by atoms with van der Waals surface area (Å²) in [5.41, 5.74) is 0.682. The molecule has 0 saturated carbocycles. The first-order valence-corrected chi connectivity index (χ1v) is 7.21. The largest absolute Gasteiger partial charge is 0.332 e. The van der Waals surface area contributed by atoms with Gasteiger partial charge in [-0.2, -0.15) is 0 Å². The van der Waals surface area contributed by atoms with Crippen LogP contribution in [0.4, 0.5) is 5.69 Å². The van der Waals surface area contributed by atoms with Crippen molar-refractivity contribution in [2.75, 3.05) is 18.5 Å². The van der Waals surface area contributed by atoms with Crippen LogP contribution in [-0.4, -0.2) is 41.7 Å². The van der Waals surface area contributed by atoms with Gasteiger partial charge in [-0.05, 0) is 25.5 Å². The number of nitrogens with zero attached hydrogens (tertiary/aromatic N) is 2. The lowest BCUT2D eigenvalue weighted by atomic mass is 10.2. The predicted octanol–water partition coefficient (Wildman–Crippen LogP) is 2.53. The average molecular weight is 315 g/mol. The first-order valence-electron chi connectivity index (χ1n) is 6.40. The second-order valence-electron chi connectivity index (χ2n) is 4.81. The molecule has 2 amide bonds. The molecule has 0 spiro atoms. The number of rotatable bonds is 3. The number of para-hydroxylation sites is 1. The maximum atomic E-state index is 12.5. The zero-order valence-electron chi connectivity index (χ0n) is 11.3. The molecular formula is C14H16Cl2N2O2. The summed E-state index contributed by atoms with van der Waals surface area (Å²) in [5, 5.41) is -0.108. The molecule has 0 bridgehead atoms. The molecule has 2 rings (SSSR count). The summed E-state index contributed by atoms with van der Waals surface area (Å²) in [5.74, 6) is -0.364. The van der Waals surface area contributed by atoms with Gasteiger partial charge < -0.3 is 9.80 Å². The standard InChI is InChI=1S/C14H16Cl2N2O2/c1-9(15)13(19)17(2)12-7-8-18(14(12)20)11-6-4-3-5-10(11)16/h3-6,9,12H,7-8H2,1-2H3. The number of carbonyl (C=O) groups excluding carboxylic acids is 2. The van der Waals surface area contributed by atoms with E-state index in [-0.39, 0.29) is 11.8 Å². The normalized spacial score (nSPS) is 20.1. The van der Waals surface area contributed by atoms with E-state index in [1.54, 1.807) is 31.0 Å². The Hall–Kier alpha value is -1.26. The van der Waals surface area contributed by atoms with E-state index in [1.807, 2.05) is 12.1 Å². The summed E-state index contributed by atoms with van der Waals surface area (Å²) in [6, 6.07) is 6.72. The lowest BCUT2D eigenvalue weighted by molar-refractivity contribution is -0.136. The fourth-order valence-corrected chi connectivity index (χ4v) is 2.76. The fourth-order valence-electron chi connectivity index (χ4n) is 2.37. The SMILES string of the molecule is CC(Cl)C(=O)N(C)C1CCN(c2ccccc2Cl)C1=O. The van der Waals surface area contributed by atoms with Gasteiger partial charge in [0.1, 0.15) is 11.4 Å². The minimum Gasteiger partial charge on any atom is -0.332 e. The van der Waals surface area contributed by atoms with E-state index in [4.69, 9.17) is 23.2 Å². The summed E-state index contributed by atoms with van der Waals surface area (Å²) in [7, 11) is 1.61. The van der Waals surface area contributed by atoms with Gasteiger partial charge in [0.25, 0.3) is 0 Å². The second-order valence-corrected chi connectivity index (χ2v) is 5.87. The van der Waals surface area contributed by atoms with Crippen LogP contribution < -0.4 is 4.90 Å². The number of benzene rings is 1. The molecule has 1 heterocycles. The summed E-state index contributed by atoms with van der Waals surface area (Å²) in [6.45, 7) is 2.15. The summed E-state index contributed by atoms with van der Waals surface area (Å²) >= 11 is 11.9. The molecule has 1 aromatic carbocycles. The van der Waals surface area contributed by atoms with Crippen LogP contribution in [0.3, 0.4) is 0 Å². The molecule has 4 nitrogen and oxygen atoms in total. The number of carbonyl (C=O) groups is 2. The van der Waals surface area contributed by atoms with E-state index in [1.165, 1.54) is 4.90 Å². The van der Waals surface area contributed by atoms with Crippen molar-refractivity contribution in [3.8, 4) is 0 Å². The highest BCUT2D eigenvalue weighted by Gasteiger charge is 2.38. The number of anilines is 1. The Balaban J connectivity index is 2.18. The van der Waals surface area contributed by atoms with E-state index in [0.29, 0.717) is 23.7 Å². The Morgan fingerprint density at radius 3 is 2.70 bits per heavy atom. The molecule has 0 aliphatic carbocycles. The van der Waals surface area contributed by atoms with Gasteiger partial charge in [-0.3, -0.25) is 9.59 Å². The van der Waals surface area contributed by atoms with Crippen LogP contribution in [0.25, 0.3) is 0 Å². The number of hydrogen-bond donors (Lipinski definition) is 0. The van der Waals surface area contributed by atoms with Crippen molar-refractivity contribution in [2.24, 2.45) is 0 Å². The van der Waals surface area contributed by atoms with Gasteiger partial charge in [-0.15, -0.1) is 11.6 Å². The summed E-state index contributed by atoms with van der Waals surface area (Å²) in [6.07, 6.45) is 0.579. The zero-order valence-corrected chi connectivity index (χ0v) is 12.9. The molecule has 1 aliphatic rings. The Labute approximate surface area is 128 Å². The molecule has 20 heavy (non-hydrogen) atoms. The van der Waals surface area contributed by atoms with Crippen molar-refractivity contribution in [3.05, 3.63) is 29.3 Å². The van der Waals surface area contributed by atoms with Gasteiger partial charge in [0.2, 0.25) is 11.8 Å². The third-order valence-corrected chi connectivity index (χ3v) is 3.98. The maximum absolute atomic E-state index is 12.5. The number of hydrogen-bond acceptors (Lipinski definition) is 2. The smallest absolute Gasteiger partial charge is 0.249 e. The van der Waals surface area contributed by atoms with Gasteiger partial charge in [0.15, 0.2) is 0 Å². The lowest BCUT2D eigenvalue weighted by Gasteiger charge is -2.25. The number of halogens is 2. The molecule has 2 unspecified atom stereocenters. The van der Waals surface area contributed by atoms with Crippen LogP contribution in [-0.2, 0) is 9.59 Å². The van der Waals surface area contributed by atoms with E-state index in [9.17, 15) is 9.59 Å². The van der Waals surface area contributed by atoms with Crippen molar-refractivity contribution in [1.82, 2.24) is 4.90 Å². The first kappa shape index (κ1) is 15.1. The molecular weight excluding hydrogens is 299 g/mol. The number of likely N-dealkylation sites (N-methyl/N-ethyl adjacent to an activating group) is 1. The van der Waals surface area contributed by atoms with Crippen LogP contribution in [0.5, 0.6) is 0 Å². The quantitative estimate of drug-likeness (QED) is 0.804. The van der Waals surface area contributed by atoms with Crippen molar-refractivity contribution in [2.45, 2.75) is 24.8 Å². The van der Waals surface area contributed by atoms with E-state index in [0.717, 1.165) is 0 Å². The first-order chi connectivity index (χ1) is 9.43. The Bertz CT molecular complexity index is 534. The van der Waals surface area contributed by atoms with E-state index < -0.39 is 11.4 Å². The van der Waals surface area contributed by atoms with Crippen LogP contribution in [0.1, 0.15) is 13.3 Å².